The normalized spacial score (nSPS) is 53.9. The van der Waals surface area contributed by atoms with E-state index in [1.165, 1.54) is 6.42 Å². The number of fused-ring (bicyclic) bond motifs is 5. The van der Waals surface area contributed by atoms with Gasteiger partial charge in [0.15, 0.2) is 5.78 Å². The van der Waals surface area contributed by atoms with Gasteiger partial charge in [-0.2, -0.15) is 0 Å². The second-order valence-electron chi connectivity index (χ2n) is 9.81. The molecule has 0 spiro atoms. The van der Waals surface area contributed by atoms with Crippen molar-refractivity contribution >= 4 is 11.6 Å². The lowest BCUT2D eigenvalue weighted by Gasteiger charge is -2.60. The summed E-state index contributed by atoms with van der Waals surface area (Å²) in [5.74, 6) is 2.78. The molecule has 0 amide bonds. The van der Waals surface area contributed by atoms with Gasteiger partial charge in [0.1, 0.15) is 11.4 Å². The molecular formula is C21H32O3. The van der Waals surface area contributed by atoms with E-state index in [2.05, 4.69) is 13.8 Å². The summed E-state index contributed by atoms with van der Waals surface area (Å²) in [7, 11) is 0. The van der Waals surface area contributed by atoms with Gasteiger partial charge in [0.25, 0.3) is 0 Å². The van der Waals surface area contributed by atoms with Crippen molar-refractivity contribution in [3.05, 3.63) is 0 Å². The van der Waals surface area contributed by atoms with Crippen LogP contribution in [0.3, 0.4) is 0 Å². The van der Waals surface area contributed by atoms with Crippen molar-refractivity contribution < 1.29 is 14.7 Å². The smallest absolute Gasteiger partial charge is 0.161 e. The van der Waals surface area contributed by atoms with Crippen molar-refractivity contribution in [3.63, 3.8) is 0 Å². The fourth-order valence-corrected chi connectivity index (χ4v) is 7.64. The molecule has 0 aliphatic heterocycles. The molecule has 7 atom stereocenters. The van der Waals surface area contributed by atoms with Crippen LogP contribution in [0.15, 0.2) is 0 Å². The zero-order valence-corrected chi connectivity index (χ0v) is 15.4. The number of carbonyl (C=O) groups is 2. The first kappa shape index (κ1) is 16.8. The number of hydrogen-bond donors (Lipinski definition) is 1. The number of carbonyl (C=O) groups excluding carboxylic acids is 2. The third-order valence-electron chi connectivity index (χ3n) is 9.22. The lowest BCUT2D eigenvalue weighted by molar-refractivity contribution is -0.169. The van der Waals surface area contributed by atoms with E-state index in [0.29, 0.717) is 41.3 Å². The minimum Gasteiger partial charge on any atom is -0.382 e. The quantitative estimate of drug-likeness (QED) is 0.792. The first-order valence-corrected chi connectivity index (χ1v) is 9.97. The van der Waals surface area contributed by atoms with Crippen molar-refractivity contribution in [1.82, 2.24) is 0 Å². The van der Waals surface area contributed by atoms with Gasteiger partial charge in [0.05, 0.1) is 0 Å². The molecule has 134 valence electrons. The summed E-state index contributed by atoms with van der Waals surface area (Å²) in [6.07, 6.45) is 8.67. The molecule has 0 radical (unpaired) electrons. The van der Waals surface area contributed by atoms with Crippen LogP contribution in [0.5, 0.6) is 0 Å². The number of rotatable bonds is 1. The van der Waals surface area contributed by atoms with Crippen molar-refractivity contribution in [2.24, 2.45) is 34.5 Å². The van der Waals surface area contributed by atoms with Crippen LogP contribution in [0.25, 0.3) is 0 Å². The molecule has 4 saturated carbocycles. The van der Waals surface area contributed by atoms with Gasteiger partial charge in [-0.05, 0) is 81.0 Å². The average molecular weight is 332 g/mol. The lowest BCUT2D eigenvalue weighted by Crippen LogP contribution is -2.58. The molecule has 0 saturated heterocycles. The maximum absolute atomic E-state index is 12.2. The molecule has 3 nitrogen and oxygen atoms in total. The molecule has 0 heterocycles. The first-order valence-electron chi connectivity index (χ1n) is 9.97. The second kappa shape index (κ2) is 5.16. The zero-order valence-electron chi connectivity index (χ0n) is 15.4. The molecule has 0 unspecified atom stereocenters. The number of aliphatic hydroxyl groups is 1. The molecule has 4 rings (SSSR count). The highest BCUT2D eigenvalue weighted by Gasteiger charge is 2.65. The van der Waals surface area contributed by atoms with Gasteiger partial charge in [-0.25, -0.2) is 0 Å². The van der Waals surface area contributed by atoms with Crippen LogP contribution in [0.1, 0.15) is 78.6 Å². The fourth-order valence-electron chi connectivity index (χ4n) is 7.64. The van der Waals surface area contributed by atoms with Crippen molar-refractivity contribution in [3.8, 4) is 0 Å². The standard InChI is InChI=1S/C21H32O3/c1-13(22)21(24)11-8-18-16-5-4-14-12-15(23)6-9-19(14,2)17(16)7-10-20(18,21)3/h14,16-18,24H,4-12H2,1-3H3/t14-,16+,17-,18-,19+,20+,21-/m1/s1. The Hall–Kier alpha value is -0.700. The molecule has 4 aliphatic carbocycles. The molecule has 4 fully saturated rings. The topological polar surface area (TPSA) is 54.4 Å². The van der Waals surface area contributed by atoms with E-state index in [1.54, 1.807) is 6.92 Å². The Labute approximate surface area is 145 Å². The number of hydrogen-bond acceptors (Lipinski definition) is 3. The summed E-state index contributed by atoms with van der Waals surface area (Å²) in [6.45, 7) is 6.20. The van der Waals surface area contributed by atoms with E-state index in [-0.39, 0.29) is 11.2 Å². The molecule has 0 aromatic carbocycles. The summed E-state index contributed by atoms with van der Waals surface area (Å²) < 4.78 is 0. The largest absolute Gasteiger partial charge is 0.382 e. The van der Waals surface area contributed by atoms with E-state index in [4.69, 9.17) is 0 Å². The van der Waals surface area contributed by atoms with Crippen molar-refractivity contribution in [2.75, 3.05) is 0 Å². The highest BCUT2D eigenvalue weighted by atomic mass is 16.3. The zero-order chi connectivity index (χ0) is 17.3. The number of Topliss-reactive ketones (excluding diaryl/α,β-unsaturated/α-hetero) is 2. The van der Waals surface area contributed by atoms with Gasteiger partial charge in [-0.15, -0.1) is 0 Å². The highest BCUT2D eigenvalue weighted by molar-refractivity contribution is 5.86. The van der Waals surface area contributed by atoms with Crippen LogP contribution in [0, 0.1) is 34.5 Å². The Morgan fingerprint density at radius 2 is 1.75 bits per heavy atom. The summed E-state index contributed by atoms with van der Waals surface area (Å²) in [5.41, 5.74) is -1.05. The van der Waals surface area contributed by atoms with E-state index in [9.17, 15) is 14.7 Å². The molecule has 0 aromatic rings. The van der Waals surface area contributed by atoms with Crippen molar-refractivity contribution in [2.45, 2.75) is 84.2 Å². The van der Waals surface area contributed by atoms with Crippen LogP contribution in [0.2, 0.25) is 0 Å². The molecule has 0 aromatic heterocycles. The number of ketones is 2. The van der Waals surface area contributed by atoms with Crippen LogP contribution >= 0.6 is 0 Å². The summed E-state index contributed by atoms with van der Waals surface area (Å²) in [5, 5.41) is 11.2. The predicted octanol–water partition coefficient (Wildman–Crippen LogP) is 3.92. The first-order chi connectivity index (χ1) is 11.2. The molecular weight excluding hydrogens is 300 g/mol. The van der Waals surface area contributed by atoms with Crippen LogP contribution < -0.4 is 0 Å². The van der Waals surface area contributed by atoms with Crippen LogP contribution in [-0.2, 0) is 9.59 Å². The Balaban J connectivity index is 1.66. The average Bonchev–Trinajstić information content (AvgIpc) is 2.81. The maximum Gasteiger partial charge on any atom is 0.161 e. The van der Waals surface area contributed by atoms with Gasteiger partial charge in [-0.1, -0.05) is 13.8 Å². The van der Waals surface area contributed by atoms with Crippen molar-refractivity contribution in [1.29, 1.82) is 0 Å². The molecule has 1 N–H and O–H groups in total. The maximum atomic E-state index is 12.2. The van der Waals surface area contributed by atoms with Gasteiger partial charge in [-0.3, -0.25) is 9.59 Å². The van der Waals surface area contributed by atoms with E-state index < -0.39 is 5.60 Å². The molecule has 24 heavy (non-hydrogen) atoms. The lowest BCUT2D eigenvalue weighted by atomic mass is 9.44. The van der Waals surface area contributed by atoms with E-state index in [1.807, 2.05) is 0 Å². The van der Waals surface area contributed by atoms with Crippen LogP contribution in [-0.4, -0.2) is 22.3 Å². The third-order valence-corrected chi connectivity index (χ3v) is 9.22. The minimum atomic E-state index is -1.11. The molecule has 3 heteroatoms. The second-order valence-corrected chi connectivity index (χ2v) is 9.81. The highest BCUT2D eigenvalue weighted by Crippen LogP contribution is 2.68. The monoisotopic (exact) mass is 332 g/mol. The Morgan fingerprint density at radius 3 is 2.46 bits per heavy atom. The van der Waals surface area contributed by atoms with Crippen LogP contribution in [0.4, 0.5) is 0 Å². The van der Waals surface area contributed by atoms with E-state index >= 15 is 0 Å². The predicted molar refractivity (Wildman–Crippen MR) is 92.4 cm³/mol. The van der Waals surface area contributed by atoms with Gasteiger partial charge in [0, 0.05) is 18.3 Å². The Bertz CT molecular complexity index is 584. The summed E-state index contributed by atoms with van der Waals surface area (Å²) in [4.78, 5) is 24.2. The van der Waals surface area contributed by atoms with Gasteiger partial charge in [0.2, 0.25) is 0 Å². The Kier molecular flexibility index (Phi) is 3.60. The summed E-state index contributed by atoms with van der Waals surface area (Å²) in [6, 6.07) is 0. The van der Waals surface area contributed by atoms with Gasteiger partial charge < -0.3 is 5.11 Å². The van der Waals surface area contributed by atoms with E-state index in [0.717, 1.165) is 44.9 Å². The SMILES string of the molecule is CC(=O)[C@]1(O)CC[C@@H]2[C@H]3CC[C@@H]4CC(=O)CC[C@]4(C)[C@@H]3CC[C@@]21C. The molecule has 0 bridgehead atoms. The minimum absolute atomic E-state index is 0.0332. The Morgan fingerprint density at radius 1 is 1.04 bits per heavy atom. The summed E-state index contributed by atoms with van der Waals surface area (Å²) >= 11 is 0. The third kappa shape index (κ3) is 1.94. The fraction of sp³-hybridized carbons (Fsp3) is 0.905. The molecule has 4 aliphatic rings. The van der Waals surface area contributed by atoms with Gasteiger partial charge >= 0.3 is 0 Å².